The number of aliphatic imine (C=N–C) groups is 1. The average Bonchev–Trinajstić information content (AvgIpc) is 2.34. The number of amides is 2. The van der Waals surface area contributed by atoms with Crippen molar-refractivity contribution in [2.75, 3.05) is 0 Å². The Bertz CT molecular complexity index is 779. The number of amidine groups is 1. The SMILES string of the molecule is O=C1N=C([Se])NC(=O)/C1=C/C=C/c1c(O)nc([Se])[nH]c1=O. The van der Waals surface area contributed by atoms with Gasteiger partial charge in [-0.3, -0.25) is 0 Å². The van der Waals surface area contributed by atoms with Crippen molar-refractivity contribution in [2.45, 2.75) is 0 Å². The summed E-state index contributed by atoms with van der Waals surface area (Å²) in [5.41, 5.74) is -0.842. The quantitative estimate of drug-likeness (QED) is 0.277. The van der Waals surface area contributed by atoms with Crippen molar-refractivity contribution in [2.24, 2.45) is 4.99 Å². The number of H-pyrrole nitrogens is 1. The van der Waals surface area contributed by atoms with Crippen LogP contribution in [0.5, 0.6) is 5.88 Å². The summed E-state index contributed by atoms with van der Waals surface area (Å²) in [6, 6.07) is 0. The summed E-state index contributed by atoms with van der Waals surface area (Å²) in [6.45, 7) is 0. The Morgan fingerprint density at radius 3 is 2.52 bits per heavy atom. The van der Waals surface area contributed by atoms with Gasteiger partial charge in [-0.1, -0.05) is 0 Å². The van der Waals surface area contributed by atoms with Crippen molar-refractivity contribution < 1.29 is 14.7 Å². The minimum absolute atomic E-state index is 0.0949. The molecule has 21 heavy (non-hydrogen) atoms. The molecule has 2 heterocycles. The number of aromatic amines is 1. The van der Waals surface area contributed by atoms with Gasteiger partial charge in [0, 0.05) is 0 Å². The Morgan fingerprint density at radius 2 is 1.90 bits per heavy atom. The third-order valence-electron chi connectivity index (χ3n) is 2.34. The Morgan fingerprint density at radius 1 is 1.19 bits per heavy atom. The number of carbonyl (C=O) groups is 2. The van der Waals surface area contributed by atoms with Crippen LogP contribution in [0.1, 0.15) is 5.56 Å². The van der Waals surface area contributed by atoms with E-state index in [0.717, 1.165) is 0 Å². The van der Waals surface area contributed by atoms with Crippen LogP contribution in [0.3, 0.4) is 0 Å². The van der Waals surface area contributed by atoms with E-state index in [0.29, 0.717) is 0 Å². The summed E-state index contributed by atoms with van der Waals surface area (Å²) in [5, 5.41) is 11.9. The molecular weight excluding hydrogens is 410 g/mol. The van der Waals surface area contributed by atoms with Gasteiger partial charge in [-0.2, -0.15) is 0 Å². The molecule has 8 nitrogen and oxygen atoms in total. The van der Waals surface area contributed by atoms with Crippen LogP contribution < -0.4 is 15.6 Å². The molecule has 3 N–H and O–H groups in total. The molecule has 0 bridgehead atoms. The number of aromatic hydroxyl groups is 1. The number of aromatic nitrogens is 2. The van der Waals surface area contributed by atoms with Crippen molar-refractivity contribution in [3.8, 4) is 5.88 Å². The molecule has 0 aliphatic carbocycles. The standard InChI is InChI=1S/C11H6N4O4Se2/c16-6-4(7(17)13-10(20)12-6)2-1-3-5-8(18)14-11(21)15-9(5)19/h1-3H,(H,12,13,16,17)(H2,14,15,18,19)/b3-1+. The second kappa shape index (κ2) is 6.19. The number of carbonyl (C=O) groups excluding carboxylic acids is 2. The molecule has 0 saturated carbocycles. The van der Waals surface area contributed by atoms with Gasteiger partial charge in [-0.05, 0) is 0 Å². The number of nitrogens with one attached hydrogen (secondary N) is 2. The summed E-state index contributed by atoms with van der Waals surface area (Å²) in [5.74, 6) is -1.78. The van der Waals surface area contributed by atoms with Crippen molar-refractivity contribution in [1.82, 2.24) is 15.3 Å². The van der Waals surface area contributed by atoms with Crippen LogP contribution >= 0.6 is 0 Å². The molecule has 1 aliphatic rings. The van der Waals surface area contributed by atoms with E-state index in [1.54, 1.807) is 0 Å². The zero-order valence-corrected chi connectivity index (χ0v) is 13.5. The predicted molar refractivity (Wildman–Crippen MR) is 75.4 cm³/mol. The Hall–Kier alpha value is -1.99. The number of hydrogen-bond acceptors (Lipinski definition) is 5. The van der Waals surface area contributed by atoms with Crippen molar-refractivity contribution in [1.29, 1.82) is 0 Å². The molecule has 0 spiro atoms. The molecule has 0 atom stereocenters. The second-order valence-electron chi connectivity index (χ2n) is 3.72. The molecule has 2 rings (SSSR count). The zero-order chi connectivity index (χ0) is 15.6. The van der Waals surface area contributed by atoms with Crippen LogP contribution in [0.15, 0.2) is 27.5 Å². The Balaban J connectivity index is 2.31. The Kier molecular flexibility index (Phi) is 4.54. The fourth-order valence-corrected chi connectivity index (χ4v) is 2.17. The summed E-state index contributed by atoms with van der Waals surface area (Å²) in [7, 11) is 0. The van der Waals surface area contributed by atoms with E-state index >= 15 is 0 Å². The normalized spacial score (nSPS) is 17.1. The molecule has 106 valence electrons. The fourth-order valence-electron chi connectivity index (χ4n) is 1.43. The van der Waals surface area contributed by atoms with E-state index in [1.165, 1.54) is 18.2 Å². The summed E-state index contributed by atoms with van der Waals surface area (Å²) in [4.78, 5) is 44.2. The van der Waals surface area contributed by atoms with Gasteiger partial charge in [0.2, 0.25) is 0 Å². The van der Waals surface area contributed by atoms with Gasteiger partial charge in [0.25, 0.3) is 0 Å². The van der Waals surface area contributed by atoms with Crippen LogP contribution in [0.25, 0.3) is 6.08 Å². The van der Waals surface area contributed by atoms with Gasteiger partial charge in [0.15, 0.2) is 0 Å². The molecule has 0 fully saturated rings. The maximum atomic E-state index is 11.6. The number of hydrogen-bond donors (Lipinski definition) is 3. The predicted octanol–water partition coefficient (Wildman–Crippen LogP) is -2.61. The van der Waals surface area contributed by atoms with Crippen molar-refractivity contribution >= 4 is 59.4 Å². The van der Waals surface area contributed by atoms with Gasteiger partial charge in [-0.15, -0.1) is 0 Å². The van der Waals surface area contributed by atoms with Crippen LogP contribution in [-0.4, -0.2) is 63.6 Å². The van der Waals surface area contributed by atoms with Crippen LogP contribution in [-0.2, 0) is 9.59 Å². The van der Waals surface area contributed by atoms with Crippen molar-refractivity contribution in [3.05, 3.63) is 33.6 Å². The number of nitrogens with zero attached hydrogens (tertiary/aromatic N) is 2. The van der Waals surface area contributed by atoms with E-state index < -0.39 is 23.3 Å². The third kappa shape index (κ3) is 3.56. The van der Waals surface area contributed by atoms with Crippen LogP contribution in [0.2, 0.25) is 0 Å². The van der Waals surface area contributed by atoms with E-state index in [1.807, 2.05) is 0 Å². The van der Waals surface area contributed by atoms with Gasteiger partial charge >= 0.3 is 134 Å². The maximum absolute atomic E-state index is 11.6. The molecular formula is C11H6N4O4Se2. The summed E-state index contributed by atoms with van der Waals surface area (Å²) >= 11 is 4.88. The fraction of sp³-hybridized carbons (Fsp3) is 0. The zero-order valence-electron chi connectivity index (χ0n) is 10.1. The van der Waals surface area contributed by atoms with Gasteiger partial charge in [-0.25, -0.2) is 0 Å². The first-order valence-corrected chi connectivity index (χ1v) is 7.10. The van der Waals surface area contributed by atoms with Crippen molar-refractivity contribution in [3.63, 3.8) is 0 Å². The first kappa shape index (κ1) is 15.4. The van der Waals surface area contributed by atoms with Crippen LogP contribution in [0, 0.1) is 0 Å². The minimum atomic E-state index is -0.702. The topological polar surface area (TPSA) is 125 Å². The molecule has 0 unspecified atom stereocenters. The Labute approximate surface area is 134 Å². The molecule has 0 aromatic carbocycles. The monoisotopic (exact) mass is 418 g/mol. The molecule has 2 amide bonds. The number of rotatable bonds is 2. The third-order valence-corrected chi connectivity index (χ3v) is 3.15. The average molecular weight is 416 g/mol. The molecule has 1 aliphatic heterocycles. The summed E-state index contributed by atoms with van der Waals surface area (Å²) < 4.78 is 0.245. The van der Waals surface area contributed by atoms with Crippen LogP contribution in [0.4, 0.5) is 0 Å². The van der Waals surface area contributed by atoms with E-state index in [4.69, 9.17) is 0 Å². The molecule has 1 aromatic rings. The first-order valence-electron chi connectivity index (χ1n) is 5.38. The second-order valence-corrected chi connectivity index (χ2v) is 5.35. The molecule has 10 heteroatoms. The van der Waals surface area contributed by atoms with E-state index in [9.17, 15) is 19.5 Å². The van der Waals surface area contributed by atoms with Gasteiger partial charge in [0.1, 0.15) is 0 Å². The van der Waals surface area contributed by atoms with Gasteiger partial charge in [0.05, 0.1) is 0 Å². The number of allylic oxidation sites excluding steroid dienone is 2. The van der Waals surface area contributed by atoms with Gasteiger partial charge < -0.3 is 0 Å². The summed E-state index contributed by atoms with van der Waals surface area (Å²) in [6.07, 6.45) is 3.70. The first-order chi connectivity index (χ1) is 9.88. The molecule has 0 saturated heterocycles. The van der Waals surface area contributed by atoms with E-state index in [2.05, 4.69) is 52.3 Å². The molecule has 2 radical (unpaired) electrons. The molecule has 1 aromatic heterocycles. The van der Waals surface area contributed by atoms with E-state index in [-0.39, 0.29) is 20.6 Å².